The average Bonchev–Trinajstić information content (AvgIpc) is 3.32. The zero-order valence-corrected chi connectivity index (χ0v) is 17.0. The van der Waals surface area contributed by atoms with Crippen LogP contribution in [0.2, 0.25) is 0 Å². The maximum absolute atomic E-state index is 12.5. The highest BCUT2D eigenvalue weighted by Crippen LogP contribution is 2.23. The first-order valence-corrected chi connectivity index (χ1v) is 10.4. The van der Waals surface area contributed by atoms with Gasteiger partial charge < -0.3 is 10.2 Å². The maximum Gasteiger partial charge on any atom is 0.270 e. The molecule has 3 heterocycles. The number of likely N-dealkylation sites (tertiary alicyclic amines) is 1. The molecule has 0 saturated carbocycles. The summed E-state index contributed by atoms with van der Waals surface area (Å²) in [5.74, 6) is 0.230. The molecule has 2 amide bonds. The number of aryl methyl sites for hydroxylation is 1. The Morgan fingerprint density at radius 3 is 2.59 bits per heavy atom. The highest BCUT2D eigenvalue weighted by atomic mass is 32.1. The van der Waals surface area contributed by atoms with Gasteiger partial charge in [0.1, 0.15) is 10.7 Å². The Morgan fingerprint density at radius 2 is 2.00 bits per heavy atom. The predicted molar refractivity (Wildman–Crippen MR) is 105 cm³/mol. The molecule has 0 spiro atoms. The van der Waals surface area contributed by atoms with E-state index in [0.29, 0.717) is 18.8 Å². The number of hydrogen-bond acceptors (Lipinski definition) is 5. The van der Waals surface area contributed by atoms with Crippen molar-refractivity contribution in [1.29, 1.82) is 0 Å². The molecule has 0 radical (unpaired) electrons. The van der Waals surface area contributed by atoms with Crippen LogP contribution in [-0.4, -0.2) is 50.6 Å². The van der Waals surface area contributed by atoms with E-state index in [4.69, 9.17) is 0 Å². The van der Waals surface area contributed by atoms with Crippen LogP contribution in [-0.2, 0) is 11.8 Å². The van der Waals surface area contributed by atoms with Crippen LogP contribution in [0.3, 0.4) is 0 Å². The number of rotatable bonds is 6. The first-order chi connectivity index (χ1) is 13.0. The minimum Gasteiger partial charge on any atom is -0.348 e. The molecule has 0 unspecified atom stereocenters. The van der Waals surface area contributed by atoms with Crippen molar-refractivity contribution in [2.24, 2.45) is 13.0 Å². The number of thiazole rings is 1. The zero-order chi connectivity index (χ0) is 19.4. The third-order valence-electron chi connectivity index (χ3n) is 5.17. The monoisotopic (exact) mass is 389 g/mol. The Morgan fingerprint density at radius 1 is 1.30 bits per heavy atom. The number of piperidine rings is 1. The molecule has 0 atom stereocenters. The summed E-state index contributed by atoms with van der Waals surface area (Å²) in [7, 11) is 1.85. The van der Waals surface area contributed by atoms with Gasteiger partial charge in [-0.15, -0.1) is 11.3 Å². The second-order valence-corrected chi connectivity index (χ2v) is 7.89. The van der Waals surface area contributed by atoms with Crippen LogP contribution in [0, 0.1) is 5.92 Å². The predicted octanol–water partition coefficient (Wildman–Crippen LogP) is 2.70. The molecule has 146 valence electrons. The smallest absolute Gasteiger partial charge is 0.270 e. The Labute approximate surface area is 163 Å². The Kier molecular flexibility index (Phi) is 6.26. The van der Waals surface area contributed by atoms with Crippen molar-refractivity contribution in [3.05, 3.63) is 23.5 Å². The number of carbonyl (C=O) groups is 2. The molecule has 3 rings (SSSR count). The summed E-state index contributed by atoms with van der Waals surface area (Å²) in [6.07, 6.45) is 6.97. The van der Waals surface area contributed by atoms with Gasteiger partial charge in [0.15, 0.2) is 0 Å². The summed E-state index contributed by atoms with van der Waals surface area (Å²) < 4.78 is 1.72. The summed E-state index contributed by atoms with van der Waals surface area (Å²) in [5, 5.41) is 9.78. The molecule has 2 aromatic heterocycles. The lowest BCUT2D eigenvalue weighted by atomic mass is 9.98. The quantitative estimate of drug-likeness (QED) is 0.824. The molecule has 0 aromatic carbocycles. The van der Waals surface area contributed by atoms with Gasteiger partial charge in [0, 0.05) is 49.2 Å². The lowest BCUT2D eigenvalue weighted by Crippen LogP contribution is -2.48. The van der Waals surface area contributed by atoms with Crippen LogP contribution >= 0.6 is 11.3 Å². The Hall–Kier alpha value is -2.22. The SMILES string of the molecule is CCC(CC)C(=O)N1CCC(NC(=O)c2csc(-c3cnn(C)c3)n2)CC1. The molecule has 2 aromatic rings. The minimum atomic E-state index is -0.147. The highest BCUT2D eigenvalue weighted by Gasteiger charge is 2.27. The van der Waals surface area contributed by atoms with E-state index in [-0.39, 0.29) is 23.8 Å². The third kappa shape index (κ3) is 4.55. The van der Waals surface area contributed by atoms with E-state index in [0.717, 1.165) is 36.3 Å². The Balaban J connectivity index is 1.53. The molecule has 1 N–H and O–H groups in total. The second kappa shape index (κ2) is 8.65. The number of nitrogens with zero attached hydrogens (tertiary/aromatic N) is 4. The third-order valence-corrected chi connectivity index (χ3v) is 6.06. The standard InChI is InChI=1S/C19H27N5O2S/c1-4-13(5-2)19(26)24-8-6-15(7-9-24)21-17(25)16-12-27-18(22-16)14-10-20-23(3)11-14/h10-13,15H,4-9H2,1-3H3,(H,21,25). The van der Waals surface area contributed by atoms with Gasteiger partial charge in [0.05, 0.1) is 6.20 Å². The van der Waals surface area contributed by atoms with Crippen molar-refractivity contribution >= 4 is 23.2 Å². The fourth-order valence-corrected chi connectivity index (χ4v) is 4.22. The van der Waals surface area contributed by atoms with E-state index < -0.39 is 0 Å². The average molecular weight is 390 g/mol. The van der Waals surface area contributed by atoms with Crippen molar-refractivity contribution < 1.29 is 9.59 Å². The summed E-state index contributed by atoms with van der Waals surface area (Å²) in [4.78, 5) is 31.4. The lowest BCUT2D eigenvalue weighted by Gasteiger charge is -2.34. The molecule has 0 aliphatic carbocycles. The number of amides is 2. The lowest BCUT2D eigenvalue weighted by molar-refractivity contribution is -0.136. The summed E-state index contributed by atoms with van der Waals surface area (Å²) >= 11 is 1.44. The molecule has 27 heavy (non-hydrogen) atoms. The van der Waals surface area contributed by atoms with E-state index in [9.17, 15) is 9.59 Å². The summed E-state index contributed by atoms with van der Waals surface area (Å²) in [5.41, 5.74) is 1.35. The number of nitrogens with one attached hydrogen (secondary N) is 1. The van der Waals surface area contributed by atoms with Crippen LogP contribution in [0.1, 0.15) is 50.0 Å². The fraction of sp³-hybridized carbons (Fsp3) is 0.579. The normalized spacial score (nSPS) is 15.3. The second-order valence-electron chi connectivity index (χ2n) is 7.03. The summed E-state index contributed by atoms with van der Waals surface area (Å²) in [6.45, 7) is 5.54. The van der Waals surface area contributed by atoms with Gasteiger partial charge in [-0.05, 0) is 25.7 Å². The van der Waals surface area contributed by atoms with Crippen molar-refractivity contribution in [2.75, 3.05) is 13.1 Å². The minimum absolute atomic E-state index is 0.0896. The number of aromatic nitrogens is 3. The van der Waals surface area contributed by atoms with E-state index >= 15 is 0 Å². The highest BCUT2D eigenvalue weighted by molar-refractivity contribution is 7.13. The molecule has 8 heteroatoms. The van der Waals surface area contributed by atoms with Gasteiger partial charge in [0.25, 0.3) is 5.91 Å². The fourth-order valence-electron chi connectivity index (χ4n) is 3.44. The Bertz CT molecular complexity index is 788. The molecule has 1 saturated heterocycles. The van der Waals surface area contributed by atoms with E-state index in [1.165, 1.54) is 11.3 Å². The van der Waals surface area contributed by atoms with Crippen molar-refractivity contribution in [2.45, 2.75) is 45.6 Å². The van der Waals surface area contributed by atoms with E-state index in [1.54, 1.807) is 16.3 Å². The topological polar surface area (TPSA) is 80.1 Å². The zero-order valence-electron chi connectivity index (χ0n) is 16.1. The van der Waals surface area contributed by atoms with E-state index in [2.05, 4.69) is 29.2 Å². The van der Waals surface area contributed by atoms with Gasteiger partial charge in [-0.1, -0.05) is 13.8 Å². The number of carbonyl (C=O) groups excluding carboxylic acids is 2. The molecule has 7 nitrogen and oxygen atoms in total. The molecule has 1 aliphatic rings. The van der Waals surface area contributed by atoms with Crippen molar-refractivity contribution in [3.63, 3.8) is 0 Å². The molecule has 1 fully saturated rings. The number of hydrogen-bond donors (Lipinski definition) is 1. The first-order valence-electron chi connectivity index (χ1n) is 9.56. The largest absolute Gasteiger partial charge is 0.348 e. The van der Waals surface area contributed by atoms with Crippen LogP contribution in [0.15, 0.2) is 17.8 Å². The molecule has 0 bridgehead atoms. The van der Waals surface area contributed by atoms with Crippen molar-refractivity contribution in [3.8, 4) is 10.6 Å². The maximum atomic E-state index is 12.5. The van der Waals surface area contributed by atoms with Gasteiger partial charge in [0.2, 0.25) is 5.91 Å². The molecular weight excluding hydrogens is 362 g/mol. The van der Waals surface area contributed by atoms with Gasteiger partial charge in [-0.25, -0.2) is 4.98 Å². The first kappa shape index (κ1) is 19.5. The van der Waals surface area contributed by atoms with Gasteiger partial charge in [-0.3, -0.25) is 14.3 Å². The molecule has 1 aliphatic heterocycles. The van der Waals surface area contributed by atoms with Crippen LogP contribution in [0.5, 0.6) is 0 Å². The van der Waals surface area contributed by atoms with Crippen LogP contribution in [0.25, 0.3) is 10.6 Å². The van der Waals surface area contributed by atoms with Crippen molar-refractivity contribution in [1.82, 2.24) is 25.0 Å². The van der Waals surface area contributed by atoms with Gasteiger partial charge >= 0.3 is 0 Å². The summed E-state index contributed by atoms with van der Waals surface area (Å²) in [6, 6.07) is 0.0896. The van der Waals surface area contributed by atoms with Crippen LogP contribution < -0.4 is 5.32 Å². The van der Waals surface area contributed by atoms with Gasteiger partial charge in [-0.2, -0.15) is 5.10 Å². The van der Waals surface area contributed by atoms with E-state index in [1.807, 2.05) is 18.1 Å². The van der Waals surface area contributed by atoms with Crippen LogP contribution in [0.4, 0.5) is 0 Å². The molecular formula is C19H27N5O2S.